The van der Waals surface area contributed by atoms with E-state index >= 15 is 0 Å². The molecular formula is C12H13F3O2. The Balaban J connectivity index is 2.96. The number of halogens is 3. The first-order valence-corrected chi connectivity index (χ1v) is 5.16. The highest BCUT2D eigenvalue weighted by Crippen LogP contribution is 2.28. The van der Waals surface area contributed by atoms with Gasteiger partial charge in [-0.2, -0.15) is 0 Å². The predicted molar refractivity (Wildman–Crippen MR) is 56.8 cm³/mol. The Morgan fingerprint density at radius 1 is 1.29 bits per heavy atom. The van der Waals surface area contributed by atoms with E-state index in [9.17, 15) is 18.0 Å². The van der Waals surface area contributed by atoms with Crippen LogP contribution in [0.2, 0.25) is 0 Å². The number of alkyl halides is 3. The summed E-state index contributed by atoms with van der Waals surface area (Å²) in [6, 6.07) is 5.77. The Morgan fingerprint density at radius 3 is 2.41 bits per heavy atom. The third kappa shape index (κ3) is 3.47. The van der Waals surface area contributed by atoms with Crippen molar-refractivity contribution in [3.63, 3.8) is 0 Å². The summed E-state index contributed by atoms with van der Waals surface area (Å²) in [5, 5.41) is 8.74. The summed E-state index contributed by atoms with van der Waals surface area (Å²) in [5.74, 6) is -1.77. The zero-order valence-corrected chi connectivity index (χ0v) is 9.24. The van der Waals surface area contributed by atoms with Crippen molar-refractivity contribution in [3.8, 4) is 0 Å². The maximum absolute atomic E-state index is 13.3. The molecule has 2 nitrogen and oxygen atoms in total. The Labute approximate surface area is 97.1 Å². The minimum absolute atomic E-state index is 0.0403. The molecule has 94 valence electrons. The van der Waals surface area contributed by atoms with Crippen LogP contribution in [-0.4, -0.2) is 17.5 Å². The lowest BCUT2D eigenvalue weighted by Crippen LogP contribution is -2.15. The van der Waals surface area contributed by atoms with Crippen molar-refractivity contribution in [1.82, 2.24) is 0 Å². The van der Waals surface area contributed by atoms with Crippen molar-refractivity contribution < 1.29 is 23.1 Å². The van der Waals surface area contributed by atoms with Crippen molar-refractivity contribution in [2.75, 3.05) is 0 Å². The van der Waals surface area contributed by atoms with Gasteiger partial charge in [-0.25, -0.2) is 13.2 Å². The third-order valence-corrected chi connectivity index (χ3v) is 2.52. The van der Waals surface area contributed by atoms with Gasteiger partial charge in [-0.3, -0.25) is 4.79 Å². The molecule has 0 fully saturated rings. The number of hydrogen-bond acceptors (Lipinski definition) is 1. The molecule has 0 saturated carbocycles. The van der Waals surface area contributed by atoms with Gasteiger partial charge in [0, 0.05) is 0 Å². The highest BCUT2D eigenvalue weighted by molar-refractivity contribution is 5.70. The fourth-order valence-corrected chi connectivity index (χ4v) is 1.54. The van der Waals surface area contributed by atoms with Gasteiger partial charge < -0.3 is 5.11 Å². The standard InChI is InChI=1S/C12H13F3O2/c1-7(12(16)17)6-8-4-2-3-5-9(8)10(13)11(14)15/h2-5,7,10-11H,6H2,1H3,(H,16,17). The van der Waals surface area contributed by atoms with Crippen LogP contribution in [-0.2, 0) is 11.2 Å². The summed E-state index contributed by atoms with van der Waals surface area (Å²) in [4.78, 5) is 10.7. The van der Waals surface area contributed by atoms with Gasteiger partial charge in [0.05, 0.1) is 5.92 Å². The van der Waals surface area contributed by atoms with Gasteiger partial charge in [0.1, 0.15) is 0 Å². The number of rotatable bonds is 5. The number of benzene rings is 1. The number of carbonyl (C=O) groups is 1. The molecule has 1 aromatic carbocycles. The van der Waals surface area contributed by atoms with E-state index in [1.54, 1.807) is 6.07 Å². The van der Waals surface area contributed by atoms with Crippen LogP contribution in [0.3, 0.4) is 0 Å². The first kappa shape index (κ1) is 13.5. The van der Waals surface area contributed by atoms with Crippen LogP contribution in [0.5, 0.6) is 0 Å². The van der Waals surface area contributed by atoms with E-state index in [-0.39, 0.29) is 12.0 Å². The zero-order chi connectivity index (χ0) is 13.0. The summed E-state index contributed by atoms with van der Waals surface area (Å²) < 4.78 is 37.9. The zero-order valence-electron chi connectivity index (χ0n) is 9.24. The molecule has 0 aromatic heterocycles. The lowest BCUT2D eigenvalue weighted by molar-refractivity contribution is -0.141. The summed E-state index contributed by atoms with van der Waals surface area (Å²) in [5.41, 5.74) is 0.186. The predicted octanol–water partition coefficient (Wildman–Crippen LogP) is 3.23. The molecule has 0 aliphatic carbocycles. The minimum atomic E-state index is -3.10. The van der Waals surface area contributed by atoms with Crippen LogP contribution in [0.1, 0.15) is 24.2 Å². The second kappa shape index (κ2) is 5.70. The molecule has 0 bridgehead atoms. The van der Waals surface area contributed by atoms with Gasteiger partial charge in [-0.1, -0.05) is 31.2 Å². The molecule has 17 heavy (non-hydrogen) atoms. The minimum Gasteiger partial charge on any atom is -0.481 e. The normalized spacial score (nSPS) is 14.6. The van der Waals surface area contributed by atoms with Gasteiger partial charge >= 0.3 is 5.97 Å². The van der Waals surface area contributed by atoms with Gasteiger partial charge in [-0.05, 0) is 17.5 Å². The van der Waals surface area contributed by atoms with Gasteiger partial charge in [0.2, 0.25) is 0 Å². The fourth-order valence-electron chi connectivity index (χ4n) is 1.54. The second-order valence-electron chi connectivity index (χ2n) is 3.88. The average Bonchev–Trinajstić information content (AvgIpc) is 2.28. The molecule has 1 rings (SSSR count). The molecule has 1 aromatic rings. The highest BCUT2D eigenvalue weighted by atomic mass is 19.3. The van der Waals surface area contributed by atoms with Crippen LogP contribution < -0.4 is 0 Å². The molecule has 0 heterocycles. The molecule has 0 spiro atoms. The van der Waals surface area contributed by atoms with E-state index in [0.717, 1.165) is 0 Å². The molecule has 2 atom stereocenters. The molecule has 0 aliphatic heterocycles. The topological polar surface area (TPSA) is 37.3 Å². The lowest BCUT2D eigenvalue weighted by atomic mass is 9.95. The third-order valence-electron chi connectivity index (χ3n) is 2.52. The summed E-state index contributed by atoms with van der Waals surface area (Å²) in [6.07, 6.45) is -5.43. The molecule has 5 heteroatoms. The van der Waals surface area contributed by atoms with Crippen molar-refractivity contribution in [1.29, 1.82) is 0 Å². The van der Waals surface area contributed by atoms with Crippen molar-refractivity contribution in [3.05, 3.63) is 35.4 Å². The Morgan fingerprint density at radius 2 is 1.88 bits per heavy atom. The Kier molecular flexibility index (Phi) is 4.54. The number of carboxylic acids is 1. The second-order valence-corrected chi connectivity index (χ2v) is 3.88. The monoisotopic (exact) mass is 246 g/mol. The van der Waals surface area contributed by atoms with Crippen LogP contribution in [0.15, 0.2) is 24.3 Å². The van der Waals surface area contributed by atoms with Crippen LogP contribution in [0, 0.1) is 5.92 Å². The van der Waals surface area contributed by atoms with Crippen LogP contribution in [0.25, 0.3) is 0 Å². The molecule has 0 amide bonds. The molecule has 0 radical (unpaired) electrons. The lowest BCUT2D eigenvalue weighted by Gasteiger charge is -2.14. The van der Waals surface area contributed by atoms with Crippen LogP contribution >= 0.6 is 0 Å². The largest absolute Gasteiger partial charge is 0.481 e. The summed E-state index contributed by atoms with van der Waals surface area (Å²) in [6.45, 7) is 1.45. The van der Waals surface area contributed by atoms with E-state index in [1.807, 2.05) is 0 Å². The highest BCUT2D eigenvalue weighted by Gasteiger charge is 2.25. The van der Waals surface area contributed by atoms with E-state index in [1.165, 1.54) is 25.1 Å². The smallest absolute Gasteiger partial charge is 0.306 e. The van der Waals surface area contributed by atoms with Gasteiger partial charge in [-0.15, -0.1) is 0 Å². The molecule has 0 saturated heterocycles. The van der Waals surface area contributed by atoms with Crippen molar-refractivity contribution in [2.45, 2.75) is 25.9 Å². The number of carboxylic acid groups (broad SMARTS) is 1. The first-order chi connectivity index (χ1) is 7.93. The van der Waals surface area contributed by atoms with E-state index in [2.05, 4.69) is 0 Å². The van der Waals surface area contributed by atoms with E-state index < -0.39 is 24.5 Å². The van der Waals surface area contributed by atoms with Crippen molar-refractivity contribution in [2.24, 2.45) is 5.92 Å². The van der Waals surface area contributed by atoms with Crippen molar-refractivity contribution >= 4 is 5.97 Å². The number of hydrogen-bond donors (Lipinski definition) is 1. The molecule has 0 aliphatic rings. The van der Waals surface area contributed by atoms with Gasteiger partial charge in [0.25, 0.3) is 6.43 Å². The summed E-state index contributed by atoms with van der Waals surface area (Å²) in [7, 11) is 0. The molecular weight excluding hydrogens is 233 g/mol. The maximum atomic E-state index is 13.3. The quantitative estimate of drug-likeness (QED) is 0.866. The fraction of sp³-hybridized carbons (Fsp3) is 0.417. The summed E-state index contributed by atoms with van der Waals surface area (Å²) >= 11 is 0. The van der Waals surface area contributed by atoms with Gasteiger partial charge in [0.15, 0.2) is 6.17 Å². The Bertz CT molecular complexity index is 393. The van der Waals surface area contributed by atoms with E-state index in [0.29, 0.717) is 5.56 Å². The SMILES string of the molecule is CC(Cc1ccccc1C(F)C(F)F)C(=O)O. The maximum Gasteiger partial charge on any atom is 0.306 e. The molecule has 1 N–H and O–H groups in total. The first-order valence-electron chi connectivity index (χ1n) is 5.16. The number of aliphatic carboxylic acids is 1. The Hall–Kier alpha value is -1.52. The van der Waals surface area contributed by atoms with E-state index in [4.69, 9.17) is 5.11 Å². The molecule has 2 unspecified atom stereocenters. The average molecular weight is 246 g/mol. The van der Waals surface area contributed by atoms with Crippen LogP contribution in [0.4, 0.5) is 13.2 Å².